The van der Waals surface area contributed by atoms with Crippen molar-refractivity contribution >= 4 is 5.78 Å². The van der Waals surface area contributed by atoms with Gasteiger partial charge in [0.15, 0.2) is 0 Å². The molecule has 0 saturated heterocycles. The number of carbonyl (C=O) groups excluding carboxylic acids is 1. The molecule has 1 nitrogen and oxygen atoms in total. The number of ketones is 1. The van der Waals surface area contributed by atoms with E-state index in [1.54, 1.807) is 0 Å². The van der Waals surface area contributed by atoms with Crippen LogP contribution in [0, 0.1) is 35.5 Å². The summed E-state index contributed by atoms with van der Waals surface area (Å²) in [6, 6.07) is 44.4. The number of Topliss-reactive ketones (excluding diaryl/α,β-unsaturated/α-hetero) is 1. The summed E-state index contributed by atoms with van der Waals surface area (Å²) in [5.74, 6) is 5.17. The minimum Gasteiger partial charge on any atom is -0.298 e. The summed E-state index contributed by atoms with van der Waals surface area (Å²) in [5.41, 5.74) is 5.56. The summed E-state index contributed by atoms with van der Waals surface area (Å²) in [5, 5.41) is 0. The van der Waals surface area contributed by atoms with E-state index in [-0.39, 0.29) is 11.8 Å². The monoisotopic (exact) mass is 522 g/mol. The lowest BCUT2D eigenvalue weighted by atomic mass is 9.53. The van der Waals surface area contributed by atoms with Gasteiger partial charge in [0.25, 0.3) is 0 Å². The summed E-state index contributed by atoms with van der Waals surface area (Å²) in [6.07, 6.45) is 4.97. The number of hydrogen-bond acceptors (Lipinski definition) is 1. The SMILES string of the molecule is O=C1C(c2ccccc2)C2C3CCC(c4ccccc4)C4C(c5ccccc5)CCC(C2C1c1ccccc1)C34. The van der Waals surface area contributed by atoms with Gasteiger partial charge in [-0.25, -0.2) is 0 Å². The van der Waals surface area contributed by atoms with Gasteiger partial charge in [-0.05, 0) is 95.3 Å². The Bertz CT molecular complexity index is 1350. The smallest absolute Gasteiger partial charge is 0.148 e. The van der Waals surface area contributed by atoms with Crippen LogP contribution >= 0.6 is 0 Å². The Hall–Kier alpha value is -3.45. The van der Waals surface area contributed by atoms with Crippen molar-refractivity contribution in [3.8, 4) is 0 Å². The van der Waals surface area contributed by atoms with E-state index in [4.69, 9.17) is 0 Å². The number of benzene rings is 4. The van der Waals surface area contributed by atoms with Gasteiger partial charge in [-0.2, -0.15) is 0 Å². The lowest BCUT2D eigenvalue weighted by molar-refractivity contribution is -0.121. The van der Waals surface area contributed by atoms with Gasteiger partial charge in [-0.15, -0.1) is 0 Å². The third-order valence-electron chi connectivity index (χ3n) is 11.6. The number of rotatable bonds is 4. The molecule has 4 fully saturated rings. The zero-order valence-electron chi connectivity index (χ0n) is 23.1. The first-order chi connectivity index (χ1) is 19.8. The molecule has 0 radical (unpaired) electrons. The molecule has 4 aromatic carbocycles. The fourth-order valence-electron chi connectivity index (χ4n) is 10.5. The maximum absolute atomic E-state index is 14.5. The van der Waals surface area contributed by atoms with Gasteiger partial charge in [0.1, 0.15) is 5.78 Å². The number of fused-ring (bicyclic) bond motifs is 3. The van der Waals surface area contributed by atoms with Crippen molar-refractivity contribution in [1.29, 1.82) is 0 Å². The van der Waals surface area contributed by atoms with Gasteiger partial charge in [0.2, 0.25) is 0 Å². The van der Waals surface area contributed by atoms with Gasteiger partial charge in [0.05, 0.1) is 0 Å². The molecule has 0 aliphatic heterocycles. The molecule has 8 atom stereocenters. The summed E-state index contributed by atoms with van der Waals surface area (Å²) < 4.78 is 0. The molecular formula is C39H38O. The molecule has 4 aliphatic rings. The van der Waals surface area contributed by atoms with E-state index in [1.807, 2.05) is 0 Å². The van der Waals surface area contributed by atoms with Crippen molar-refractivity contribution in [2.24, 2.45) is 35.5 Å². The third-order valence-corrected chi connectivity index (χ3v) is 11.6. The van der Waals surface area contributed by atoms with Gasteiger partial charge in [-0.3, -0.25) is 4.79 Å². The second-order valence-electron chi connectivity index (χ2n) is 13.0. The van der Waals surface area contributed by atoms with E-state index in [9.17, 15) is 4.79 Å². The Morgan fingerprint density at radius 2 is 0.725 bits per heavy atom. The Morgan fingerprint density at radius 1 is 0.375 bits per heavy atom. The molecule has 0 heterocycles. The quantitative estimate of drug-likeness (QED) is 0.261. The topological polar surface area (TPSA) is 17.1 Å². The van der Waals surface area contributed by atoms with Crippen molar-refractivity contribution in [3.05, 3.63) is 144 Å². The fraction of sp³-hybridized carbons (Fsp3) is 0.359. The average Bonchev–Trinajstić information content (AvgIpc) is 3.51. The summed E-state index contributed by atoms with van der Waals surface area (Å²) >= 11 is 0. The van der Waals surface area contributed by atoms with Crippen molar-refractivity contribution in [2.75, 3.05) is 0 Å². The van der Waals surface area contributed by atoms with Crippen LogP contribution in [0.4, 0.5) is 0 Å². The van der Waals surface area contributed by atoms with Crippen LogP contribution in [0.15, 0.2) is 121 Å². The number of carbonyl (C=O) groups is 1. The molecule has 4 aliphatic carbocycles. The average molecular weight is 523 g/mol. The van der Waals surface area contributed by atoms with Crippen LogP contribution in [0.1, 0.15) is 71.6 Å². The predicted octanol–water partition coefficient (Wildman–Crippen LogP) is 9.00. The van der Waals surface area contributed by atoms with E-state index < -0.39 is 0 Å². The van der Waals surface area contributed by atoms with E-state index in [0.717, 1.165) is 0 Å². The molecule has 0 N–H and O–H groups in total. The van der Waals surface area contributed by atoms with E-state index >= 15 is 0 Å². The van der Waals surface area contributed by atoms with Crippen LogP contribution in [0.2, 0.25) is 0 Å². The van der Waals surface area contributed by atoms with Crippen LogP contribution in [0.5, 0.6) is 0 Å². The van der Waals surface area contributed by atoms with Crippen molar-refractivity contribution in [3.63, 3.8) is 0 Å². The molecule has 40 heavy (non-hydrogen) atoms. The Labute approximate surface area is 238 Å². The number of hydrogen-bond donors (Lipinski definition) is 0. The minimum absolute atomic E-state index is 0.0242. The zero-order valence-corrected chi connectivity index (χ0v) is 23.1. The highest BCUT2D eigenvalue weighted by atomic mass is 16.1. The first-order valence-corrected chi connectivity index (χ1v) is 15.5. The maximum atomic E-state index is 14.5. The zero-order chi connectivity index (χ0) is 26.6. The maximum Gasteiger partial charge on any atom is 0.148 e. The lowest BCUT2D eigenvalue weighted by Crippen LogP contribution is -2.43. The highest BCUT2D eigenvalue weighted by molar-refractivity contribution is 5.95. The minimum atomic E-state index is 0.0242. The van der Waals surface area contributed by atoms with Gasteiger partial charge in [-0.1, -0.05) is 121 Å². The van der Waals surface area contributed by atoms with Crippen LogP contribution in [-0.2, 0) is 4.79 Å². The third kappa shape index (κ3) is 3.70. The molecule has 0 spiro atoms. The first-order valence-electron chi connectivity index (χ1n) is 15.5. The largest absolute Gasteiger partial charge is 0.298 e. The standard InChI is InChI=1S/C39H38O/c40-39-33(27-17-9-3-10-18-27)37-31-23-21-29(25-13-5-1-6-14-25)35-30(26-15-7-2-8-16-26)22-24-32(36(31)35)38(37)34(39)28-19-11-4-12-20-28/h1-20,29-38H,21-24H2. The molecule has 4 aromatic rings. The molecule has 0 bridgehead atoms. The van der Waals surface area contributed by atoms with Crippen molar-refractivity contribution in [2.45, 2.75) is 49.4 Å². The summed E-state index contributed by atoms with van der Waals surface area (Å²) in [4.78, 5) is 14.5. The highest BCUT2D eigenvalue weighted by Crippen LogP contribution is 2.72. The molecule has 1 heteroatoms. The van der Waals surface area contributed by atoms with Gasteiger partial charge < -0.3 is 0 Å². The molecule has 0 aromatic heterocycles. The van der Waals surface area contributed by atoms with E-state index in [2.05, 4.69) is 121 Å². The highest BCUT2D eigenvalue weighted by Gasteiger charge is 2.67. The van der Waals surface area contributed by atoms with Crippen molar-refractivity contribution < 1.29 is 4.79 Å². The lowest BCUT2D eigenvalue weighted by Gasteiger charge is -2.51. The first kappa shape index (κ1) is 24.4. The molecule has 8 rings (SSSR count). The van der Waals surface area contributed by atoms with Crippen molar-refractivity contribution in [1.82, 2.24) is 0 Å². The molecule has 4 saturated carbocycles. The van der Waals surface area contributed by atoms with Gasteiger partial charge >= 0.3 is 0 Å². The summed E-state index contributed by atoms with van der Waals surface area (Å²) in [6.45, 7) is 0. The second kappa shape index (κ2) is 9.88. The Morgan fingerprint density at radius 3 is 1.10 bits per heavy atom. The fourth-order valence-corrected chi connectivity index (χ4v) is 10.5. The van der Waals surface area contributed by atoms with Crippen LogP contribution in [0.3, 0.4) is 0 Å². The Balaban J connectivity index is 1.28. The molecule has 200 valence electrons. The van der Waals surface area contributed by atoms with E-state index in [1.165, 1.54) is 47.9 Å². The second-order valence-corrected chi connectivity index (χ2v) is 13.0. The van der Waals surface area contributed by atoms with E-state index in [0.29, 0.717) is 53.1 Å². The molecule has 0 amide bonds. The normalized spacial score (nSPS) is 36.1. The predicted molar refractivity (Wildman–Crippen MR) is 161 cm³/mol. The van der Waals surface area contributed by atoms with Gasteiger partial charge in [0, 0.05) is 11.8 Å². The van der Waals surface area contributed by atoms with Crippen LogP contribution in [0.25, 0.3) is 0 Å². The van der Waals surface area contributed by atoms with Crippen LogP contribution in [-0.4, -0.2) is 5.78 Å². The van der Waals surface area contributed by atoms with Crippen LogP contribution < -0.4 is 0 Å². The molecular weight excluding hydrogens is 484 g/mol. The molecule has 8 unspecified atom stereocenters. The summed E-state index contributed by atoms with van der Waals surface area (Å²) in [7, 11) is 0. The Kier molecular flexibility index (Phi) is 6.01.